The van der Waals surface area contributed by atoms with Gasteiger partial charge in [0.25, 0.3) is 5.91 Å². The minimum atomic E-state index is -1.07. The van der Waals surface area contributed by atoms with Crippen LogP contribution in [-0.4, -0.2) is 23.0 Å². The molecule has 134 valence electrons. The largest absolute Gasteiger partial charge is 0.447 e. The van der Waals surface area contributed by atoms with Gasteiger partial charge in [0.2, 0.25) is 5.76 Å². The number of hydrogen-bond donors (Lipinski definition) is 1. The van der Waals surface area contributed by atoms with E-state index in [1.807, 2.05) is 0 Å². The Morgan fingerprint density at radius 2 is 2.00 bits per heavy atom. The van der Waals surface area contributed by atoms with Crippen LogP contribution in [0.2, 0.25) is 10.2 Å². The number of halogens is 2. The number of nitrogens with zero attached hydrogens (tertiary/aromatic N) is 1. The number of amides is 1. The van der Waals surface area contributed by atoms with Gasteiger partial charge in [-0.05, 0) is 32.0 Å². The van der Waals surface area contributed by atoms with Crippen LogP contribution in [0.25, 0.3) is 11.0 Å². The number of carbonyl (C=O) groups excluding carboxylic acids is 2. The molecule has 6 nitrogen and oxygen atoms in total. The molecule has 0 radical (unpaired) electrons. The van der Waals surface area contributed by atoms with Crippen molar-refractivity contribution in [3.05, 3.63) is 58.0 Å². The Bertz CT molecular complexity index is 1000. The number of anilines is 1. The van der Waals surface area contributed by atoms with Crippen molar-refractivity contribution in [1.82, 2.24) is 4.98 Å². The molecule has 1 amide bonds. The summed E-state index contributed by atoms with van der Waals surface area (Å²) in [6.07, 6.45) is 0.429. The summed E-state index contributed by atoms with van der Waals surface area (Å²) in [5, 5.41) is 3.80. The maximum Gasteiger partial charge on any atom is 0.375 e. The van der Waals surface area contributed by atoms with Gasteiger partial charge in [-0.1, -0.05) is 35.3 Å². The van der Waals surface area contributed by atoms with Crippen LogP contribution in [0.3, 0.4) is 0 Å². The molecule has 26 heavy (non-hydrogen) atoms. The van der Waals surface area contributed by atoms with Crippen molar-refractivity contribution in [3.63, 3.8) is 0 Å². The first-order valence-corrected chi connectivity index (χ1v) is 8.44. The van der Waals surface area contributed by atoms with E-state index in [0.717, 1.165) is 0 Å². The fraction of sp³-hybridized carbons (Fsp3) is 0.167. The molecule has 0 aliphatic rings. The fourth-order valence-corrected chi connectivity index (χ4v) is 2.76. The number of carbonyl (C=O) groups is 2. The van der Waals surface area contributed by atoms with Crippen molar-refractivity contribution in [2.45, 2.75) is 20.0 Å². The summed E-state index contributed by atoms with van der Waals surface area (Å²) < 4.78 is 10.7. The van der Waals surface area contributed by atoms with Crippen molar-refractivity contribution in [2.24, 2.45) is 0 Å². The molecule has 0 saturated carbocycles. The van der Waals surface area contributed by atoms with E-state index in [1.54, 1.807) is 37.3 Å². The number of para-hydroxylation sites is 1. The highest BCUT2D eigenvalue weighted by Gasteiger charge is 2.25. The third kappa shape index (κ3) is 3.52. The average molecular weight is 393 g/mol. The van der Waals surface area contributed by atoms with E-state index >= 15 is 0 Å². The number of nitrogens with one attached hydrogen (secondary N) is 1. The summed E-state index contributed by atoms with van der Waals surface area (Å²) in [5.41, 5.74) is 1.32. The van der Waals surface area contributed by atoms with Gasteiger partial charge >= 0.3 is 5.97 Å². The topological polar surface area (TPSA) is 81.4 Å². The van der Waals surface area contributed by atoms with E-state index in [0.29, 0.717) is 27.2 Å². The van der Waals surface area contributed by atoms with Crippen molar-refractivity contribution in [2.75, 3.05) is 5.32 Å². The molecular weight excluding hydrogens is 379 g/mol. The zero-order valence-electron chi connectivity index (χ0n) is 13.9. The van der Waals surface area contributed by atoms with Crippen molar-refractivity contribution in [3.8, 4) is 0 Å². The minimum absolute atomic E-state index is 0.00663. The van der Waals surface area contributed by atoms with E-state index in [1.165, 1.54) is 13.1 Å². The monoisotopic (exact) mass is 392 g/mol. The van der Waals surface area contributed by atoms with Crippen LogP contribution in [0.1, 0.15) is 23.0 Å². The molecule has 0 aliphatic heterocycles. The van der Waals surface area contributed by atoms with Gasteiger partial charge in [0, 0.05) is 17.1 Å². The lowest BCUT2D eigenvalue weighted by Crippen LogP contribution is -2.30. The SMILES string of the molecule is Cc1c(C(=O)OC(C)C(=O)Nc2cccnc2Cl)oc2c(Cl)cccc12. The molecule has 3 aromatic rings. The second kappa shape index (κ2) is 7.35. The zero-order chi connectivity index (χ0) is 18.8. The van der Waals surface area contributed by atoms with Crippen LogP contribution in [0.4, 0.5) is 5.69 Å². The van der Waals surface area contributed by atoms with Crippen molar-refractivity contribution in [1.29, 1.82) is 0 Å². The van der Waals surface area contributed by atoms with E-state index in [4.69, 9.17) is 32.4 Å². The Labute approximate surface area is 159 Å². The summed E-state index contributed by atoms with van der Waals surface area (Å²) in [5.74, 6) is -1.29. The molecule has 1 atom stereocenters. The first kappa shape index (κ1) is 18.2. The summed E-state index contributed by atoms with van der Waals surface area (Å²) in [4.78, 5) is 28.5. The molecule has 2 aromatic heterocycles. The Hall–Kier alpha value is -2.57. The molecule has 1 N–H and O–H groups in total. The number of aryl methyl sites for hydroxylation is 1. The highest BCUT2D eigenvalue weighted by atomic mass is 35.5. The van der Waals surface area contributed by atoms with Gasteiger partial charge in [-0.3, -0.25) is 4.79 Å². The lowest BCUT2D eigenvalue weighted by molar-refractivity contribution is -0.123. The number of rotatable bonds is 4. The Morgan fingerprint density at radius 3 is 2.69 bits per heavy atom. The Morgan fingerprint density at radius 1 is 1.23 bits per heavy atom. The molecular formula is C18H14Cl2N2O4. The van der Waals surface area contributed by atoms with Crippen LogP contribution in [0.15, 0.2) is 40.9 Å². The van der Waals surface area contributed by atoms with E-state index < -0.39 is 18.0 Å². The molecule has 1 aromatic carbocycles. The molecule has 0 aliphatic carbocycles. The first-order valence-electron chi connectivity index (χ1n) is 7.68. The fourth-order valence-electron chi connectivity index (χ4n) is 2.38. The van der Waals surface area contributed by atoms with E-state index in [-0.39, 0.29) is 10.9 Å². The van der Waals surface area contributed by atoms with Gasteiger partial charge in [-0.2, -0.15) is 0 Å². The molecule has 0 spiro atoms. The first-order chi connectivity index (χ1) is 12.4. The van der Waals surface area contributed by atoms with Gasteiger partial charge in [0.05, 0.1) is 10.7 Å². The number of furan rings is 1. The minimum Gasteiger partial charge on any atom is -0.447 e. The standard InChI is InChI=1S/C18H14Cl2N2O4/c1-9-11-5-3-6-12(19)15(11)26-14(9)18(24)25-10(2)17(23)22-13-7-4-8-21-16(13)20/h3-8,10H,1-2H3,(H,22,23). The predicted molar refractivity (Wildman–Crippen MR) is 98.7 cm³/mol. The second-order valence-electron chi connectivity index (χ2n) is 5.55. The normalized spacial score (nSPS) is 12.0. The van der Waals surface area contributed by atoms with Gasteiger partial charge in [-0.25, -0.2) is 9.78 Å². The number of hydrogen-bond acceptors (Lipinski definition) is 5. The maximum absolute atomic E-state index is 12.4. The summed E-state index contributed by atoms with van der Waals surface area (Å²) >= 11 is 12.0. The summed E-state index contributed by atoms with van der Waals surface area (Å²) in [6.45, 7) is 3.17. The summed E-state index contributed by atoms with van der Waals surface area (Å²) in [7, 11) is 0. The highest BCUT2D eigenvalue weighted by molar-refractivity contribution is 6.35. The Kier molecular flexibility index (Phi) is 5.15. The number of aromatic nitrogens is 1. The molecule has 2 heterocycles. The van der Waals surface area contributed by atoms with Crippen LogP contribution in [0, 0.1) is 6.92 Å². The van der Waals surface area contributed by atoms with Crippen LogP contribution < -0.4 is 5.32 Å². The van der Waals surface area contributed by atoms with Gasteiger partial charge in [0.15, 0.2) is 16.8 Å². The molecule has 0 saturated heterocycles. The number of fused-ring (bicyclic) bond motifs is 1. The van der Waals surface area contributed by atoms with Gasteiger partial charge < -0.3 is 14.5 Å². The van der Waals surface area contributed by atoms with Crippen molar-refractivity contribution >= 4 is 51.7 Å². The molecule has 8 heteroatoms. The van der Waals surface area contributed by atoms with Crippen LogP contribution in [0.5, 0.6) is 0 Å². The Balaban J connectivity index is 1.75. The molecule has 1 unspecified atom stereocenters. The lowest BCUT2D eigenvalue weighted by atomic mass is 10.1. The molecule has 0 fully saturated rings. The zero-order valence-corrected chi connectivity index (χ0v) is 15.4. The van der Waals surface area contributed by atoms with Crippen LogP contribution >= 0.6 is 23.2 Å². The van der Waals surface area contributed by atoms with Crippen molar-refractivity contribution < 1.29 is 18.7 Å². The summed E-state index contributed by atoms with van der Waals surface area (Å²) in [6, 6.07) is 8.43. The number of pyridine rings is 1. The molecule has 0 bridgehead atoms. The van der Waals surface area contributed by atoms with E-state index in [9.17, 15) is 9.59 Å². The third-order valence-corrected chi connectivity index (χ3v) is 4.37. The van der Waals surface area contributed by atoms with Gasteiger partial charge in [-0.15, -0.1) is 0 Å². The lowest BCUT2D eigenvalue weighted by Gasteiger charge is -2.13. The van der Waals surface area contributed by atoms with E-state index in [2.05, 4.69) is 10.3 Å². The quantitative estimate of drug-likeness (QED) is 0.517. The predicted octanol–water partition coefficient (Wildman–Crippen LogP) is 4.63. The third-order valence-electron chi connectivity index (χ3n) is 3.77. The second-order valence-corrected chi connectivity index (χ2v) is 6.32. The van der Waals surface area contributed by atoms with Gasteiger partial charge in [0.1, 0.15) is 0 Å². The number of ether oxygens (including phenoxy) is 1. The average Bonchev–Trinajstić information content (AvgIpc) is 2.95. The number of benzene rings is 1. The smallest absolute Gasteiger partial charge is 0.375 e. The number of esters is 1. The molecule has 3 rings (SSSR count). The highest BCUT2D eigenvalue weighted by Crippen LogP contribution is 2.31. The maximum atomic E-state index is 12.4. The van der Waals surface area contributed by atoms with Crippen LogP contribution in [-0.2, 0) is 9.53 Å².